The highest BCUT2D eigenvalue weighted by molar-refractivity contribution is 5.57. The lowest BCUT2D eigenvalue weighted by Crippen LogP contribution is -2.05. The van der Waals surface area contributed by atoms with Gasteiger partial charge in [0.1, 0.15) is 5.69 Å². The number of hydrogen-bond acceptors (Lipinski definition) is 2. The first kappa shape index (κ1) is 9.71. The van der Waals surface area contributed by atoms with Crippen molar-refractivity contribution in [3.63, 3.8) is 0 Å². The molecule has 70 valence electrons. The molecule has 0 amide bonds. The van der Waals surface area contributed by atoms with Crippen LogP contribution in [-0.2, 0) is 0 Å². The van der Waals surface area contributed by atoms with Crippen molar-refractivity contribution in [1.82, 2.24) is 15.0 Å². The highest BCUT2D eigenvalue weighted by Gasteiger charge is 2.08. The van der Waals surface area contributed by atoms with Gasteiger partial charge in [0, 0.05) is 6.04 Å². The maximum atomic E-state index is 4.05. The summed E-state index contributed by atoms with van der Waals surface area (Å²) in [7, 11) is 0. The smallest absolute Gasteiger partial charge is 0.112 e. The molecule has 0 aliphatic heterocycles. The Balaban J connectivity index is 3.21. The maximum Gasteiger partial charge on any atom is 0.112 e. The van der Waals surface area contributed by atoms with Crippen LogP contribution in [0.4, 0.5) is 0 Å². The van der Waals surface area contributed by atoms with Crippen LogP contribution >= 0.6 is 0 Å². The average molecular weight is 177 g/mol. The molecule has 0 saturated heterocycles. The molecule has 3 heteroatoms. The topological polar surface area (TPSA) is 30.7 Å². The molecule has 3 nitrogen and oxygen atoms in total. The molecule has 1 aromatic rings. The quantitative estimate of drug-likeness (QED) is 0.710. The van der Waals surface area contributed by atoms with Crippen LogP contribution in [0, 0.1) is 0 Å². The van der Waals surface area contributed by atoms with Gasteiger partial charge in [-0.2, -0.15) is 0 Å². The maximum absolute atomic E-state index is 4.05. The van der Waals surface area contributed by atoms with E-state index >= 15 is 0 Å². The van der Waals surface area contributed by atoms with E-state index in [1.165, 1.54) is 0 Å². The highest BCUT2D eigenvalue weighted by atomic mass is 15.4. The summed E-state index contributed by atoms with van der Waals surface area (Å²) in [5.41, 5.74) is 1.86. The zero-order valence-electron chi connectivity index (χ0n) is 8.36. The van der Waals surface area contributed by atoms with E-state index in [2.05, 4.69) is 30.7 Å². The van der Waals surface area contributed by atoms with Gasteiger partial charge >= 0.3 is 0 Å². The highest BCUT2D eigenvalue weighted by Crippen LogP contribution is 2.13. The van der Waals surface area contributed by atoms with Crippen LogP contribution in [0.1, 0.15) is 38.2 Å². The van der Waals surface area contributed by atoms with Crippen molar-refractivity contribution in [2.24, 2.45) is 0 Å². The van der Waals surface area contributed by atoms with Crippen LogP contribution in [0.25, 0.3) is 12.2 Å². The van der Waals surface area contributed by atoms with Gasteiger partial charge in [0.05, 0.1) is 5.69 Å². The Bertz CT molecular complexity index is 321. The number of rotatable bonds is 3. The Hall–Kier alpha value is -1.38. The summed E-state index contributed by atoms with van der Waals surface area (Å²) in [4.78, 5) is 0. The molecule has 0 aliphatic carbocycles. The molecule has 1 rings (SSSR count). The molecule has 1 heterocycles. The summed E-state index contributed by atoms with van der Waals surface area (Å²) in [6.45, 7) is 9.83. The fourth-order valence-electron chi connectivity index (χ4n) is 1.16. The van der Waals surface area contributed by atoms with Crippen molar-refractivity contribution in [1.29, 1.82) is 0 Å². The Labute approximate surface area is 78.8 Å². The molecule has 0 spiro atoms. The van der Waals surface area contributed by atoms with Crippen molar-refractivity contribution in [3.8, 4) is 0 Å². The summed E-state index contributed by atoms with van der Waals surface area (Å²) < 4.78 is 1.89. The molecule has 0 N–H and O–H groups in total. The van der Waals surface area contributed by atoms with Crippen molar-refractivity contribution in [3.05, 3.63) is 24.0 Å². The second kappa shape index (κ2) is 4.03. The standard InChI is InChI=1S/C10H15N3/c1-5-7-10-9(6-2)11-12-13(10)8(3)4/h5-8H,2H2,1,3-4H3/b7-5-. The zero-order chi connectivity index (χ0) is 9.84. The summed E-state index contributed by atoms with van der Waals surface area (Å²) in [5, 5.41) is 8.07. The lowest BCUT2D eigenvalue weighted by atomic mass is 10.2. The van der Waals surface area contributed by atoms with Gasteiger partial charge in [0.25, 0.3) is 0 Å². The summed E-state index contributed by atoms with van der Waals surface area (Å²) >= 11 is 0. The van der Waals surface area contributed by atoms with Crippen LogP contribution in [0.5, 0.6) is 0 Å². The molecule has 13 heavy (non-hydrogen) atoms. The first-order valence-electron chi connectivity index (χ1n) is 4.41. The third kappa shape index (κ3) is 1.86. The van der Waals surface area contributed by atoms with Crippen molar-refractivity contribution < 1.29 is 0 Å². The third-order valence-corrected chi connectivity index (χ3v) is 1.77. The molecule has 0 atom stereocenters. The van der Waals surface area contributed by atoms with Gasteiger partial charge in [-0.05, 0) is 32.9 Å². The molecule has 0 bridgehead atoms. The lowest BCUT2D eigenvalue weighted by Gasteiger charge is -2.06. The van der Waals surface area contributed by atoms with Gasteiger partial charge in [-0.25, -0.2) is 4.68 Å². The fraction of sp³-hybridized carbons (Fsp3) is 0.400. The minimum atomic E-state index is 0.326. The van der Waals surface area contributed by atoms with E-state index in [-0.39, 0.29) is 0 Å². The molecule has 0 aliphatic rings. The first-order chi connectivity index (χ1) is 6.20. The predicted molar refractivity (Wildman–Crippen MR) is 55.2 cm³/mol. The van der Waals surface area contributed by atoms with E-state index in [1.807, 2.05) is 23.8 Å². The number of allylic oxidation sites excluding steroid dienone is 1. The fourth-order valence-corrected chi connectivity index (χ4v) is 1.16. The monoisotopic (exact) mass is 177 g/mol. The van der Waals surface area contributed by atoms with Crippen LogP contribution in [-0.4, -0.2) is 15.0 Å². The van der Waals surface area contributed by atoms with Gasteiger partial charge < -0.3 is 0 Å². The van der Waals surface area contributed by atoms with Crippen LogP contribution in [0.2, 0.25) is 0 Å². The molecule has 1 aromatic heterocycles. The zero-order valence-corrected chi connectivity index (χ0v) is 8.36. The Kier molecular flexibility index (Phi) is 3.01. The van der Waals surface area contributed by atoms with Crippen molar-refractivity contribution in [2.45, 2.75) is 26.8 Å². The molecule has 0 aromatic carbocycles. The molecule has 0 fully saturated rings. The SMILES string of the molecule is C=Cc1nnn(C(C)C)c1/C=C\C. The van der Waals surface area contributed by atoms with E-state index in [0.717, 1.165) is 11.4 Å². The number of hydrogen-bond donors (Lipinski definition) is 0. The van der Waals surface area contributed by atoms with Gasteiger partial charge in [-0.3, -0.25) is 0 Å². The van der Waals surface area contributed by atoms with Gasteiger partial charge in [0.2, 0.25) is 0 Å². The third-order valence-electron chi connectivity index (χ3n) is 1.77. The van der Waals surface area contributed by atoms with E-state index in [4.69, 9.17) is 0 Å². The Morgan fingerprint density at radius 3 is 2.62 bits per heavy atom. The Morgan fingerprint density at radius 1 is 1.46 bits per heavy atom. The lowest BCUT2D eigenvalue weighted by molar-refractivity contribution is 0.510. The van der Waals surface area contributed by atoms with Gasteiger partial charge in [-0.15, -0.1) is 5.10 Å². The molecular weight excluding hydrogens is 162 g/mol. The van der Waals surface area contributed by atoms with Crippen molar-refractivity contribution in [2.75, 3.05) is 0 Å². The molecular formula is C10H15N3. The van der Waals surface area contributed by atoms with Crippen LogP contribution in [0.3, 0.4) is 0 Å². The largest absolute Gasteiger partial charge is 0.242 e. The Morgan fingerprint density at radius 2 is 2.15 bits per heavy atom. The molecule has 0 saturated carbocycles. The number of nitrogens with zero attached hydrogens (tertiary/aromatic N) is 3. The van der Waals surface area contributed by atoms with Crippen LogP contribution < -0.4 is 0 Å². The average Bonchev–Trinajstić information content (AvgIpc) is 2.48. The van der Waals surface area contributed by atoms with Crippen molar-refractivity contribution >= 4 is 12.2 Å². The predicted octanol–water partition coefficient (Wildman–Crippen LogP) is 2.54. The number of aromatic nitrogens is 3. The van der Waals surface area contributed by atoms with E-state index in [0.29, 0.717) is 6.04 Å². The molecule has 0 unspecified atom stereocenters. The second-order valence-corrected chi connectivity index (χ2v) is 3.10. The summed E-state index contributed by atoms with van der Waals surface area (Å²) in [5.74, 6) is 0. The first-order valence-corrected chi connectivity index (χ1v) is 4.41. The van der Waals surface area contributed by atoms with E-state index < -0.39 is 0 Å². The molecule has 0 radical (unpaired) electrons. The minimum absolute atomic E-state index is 0.326. The minimum Gasteiger partial charge on any atom is -0.242 e. The normalized spacial score (nSPS) is 11.4. The van der Waals surface area contributed by atoms with E-state index in [9.17, 15) is 0 Å². The van der Waals surface area contributed by atoms with Gasteiger partial charge in [-0.1, -0.05) is 17.9 Å². The van der Waals surface area contributed by atoms with E-state index in [1.54, 1.807) is 6.08 Å². The van der Waals surface area contributed by atoms with Crippen LogP contribution in [0.15, 0.2) is 12.7 Å². The summed E-state index contributed by atoms with van der Waals surface area (Å²) in [6.07, 6.45) is 5.70. The second-order valence-electron chi connectivity index (χ2n) is 3.10. The summed E-state index contributed by atoms with van der Waals surface area (Å²) in [6, 6.07) is 0.326. The van der Waals surface area contributed by atoms with Gasteiger partial charge in [0.15, 0.2) is 0 Å².